The summed E-state index contributed by atoms with van der Waals surface area (Å²) in [5, 5.41) is 6.53. The number of esters is 2. The van der Waals surface area contributed by atoms with Crippen LogP contribution < -0.4 is 10.6 Å². The van der Waals surface area contributed by atoms with Crippen molar-refractivity contribution in [2.75, 3.05) is 23.8 Å². The first-order valence-electron chi connectivity index (χ1n) is 9.49. The van der Waals surface area contributed by atoms with Crippen molar-refractivity contribution in [2.45, 2.75) is 13.8 Å². The van der Waals surface area contributed by atoms with E-state index in [9.17, 15) is 9.59 Å². The SMILES string of the molecule is CCOC(=O)c1sc(C(=O)OCC)c(Nc2ccc(Br)cc2)c1Nc1ccc(Br)cc1. The van der Waals surface area contributed by atoms with Crippen LogP contribution in [0.5, 0.6) is 0 Å². The summed E-state index contributed by atoms with van der Waals surface area (Å²) >= 11 is 7.87. The van der Waals surface area contributed by atoms with Crippen LogP contribution in [-0.4, -0.2) is 25.2 Å². The van der Waals surface area contributed by atoms with Crippen molar-refractivity contribution in [3.8, 4) is 0 Å². The lowest BCUT2D eigenvalue weighted by Crippen LogP contribution is -2.07. The normalized spacial score (nSPS) is 10.5. The van der Waals surface area contributed by atoms with Crippen LogP contribution in [-0.2, 0) is 9.47 Å². The average molecular weight is 568 g/mol. The summed E-state index contributed by atoms with van der Waals surface area (Å²) in [5.41, 5.74) is 2.41. The minimum atomic E-state index is -0.512. The molecule has 0 saturated carbocycles. The third kappa shape index (κ3) is 5.87. The molecule has 3 aromatic rings. The van der Waals surface area contributed by atoms with Gasteiger partial charge in [-0.3, -0.25) is 0 Å². The molecule has 31 heavy (non-hydrogen) atoms. The van der Waals surface area contributed by atoms with Gasteiger partial charge in [-0.05, 0) is 62.4 Å². The van der Waals surface area contributed by atoms with Gasteiger partial charge in [0.05, 0.1) is 24.6 Å². The highest BCUT2D eigenvalue weighted by Crippen LogP contribution is 2.42. The smallest absolute Gasteiger partial charge is 0.350 e. The van der Waals surface area contributed by atoms with Gasteiger partial charge in [0.2, 0.25) is 0 Å². The molecule has 3 rings (SSSR count). The molecule has 1 heterocycles. The van der Waals surface area contributed by atoms with Crippen molar-refractivity contribution < 1.29 is 19.1 Å². The Morgan fingerprint density at radius 1 is 0.742 bits per heavy atom. The first-order valence-corrected chi connectivity index (χ1v) is 11.9. The van der Waals surface area contributed by atoms with E-state index >= 15 is 0 Å². The van der Waals surface area contributed by atoms with Gasteiger partial charge in [-0.1, -0.05) is 31.9 Å². The van der Waals surface area contributed by atoms with E-state index in [1.807, 2.05) is 48.5 Å². The summed E-state index contributed by atoms with van der Waals surface area (Å²) in [6.45, 7) is 3.92. The number of thiophene rings is 1. The summed E-state index contributed by atoms with van der Waals surface area (Å²) in [6, 6.07) is 15.0. The van der Waals surface area contributed by atoms with Gasteiger partial charge in [-0.25, -0.2) is 9.59 Å². The van der Waals surface area contributed by atoms with Crippen LogP contribution in [0.25, 0.3) is 0 Å². The molecule has 0 bridgehead atoms. The molecular formula is C22H20Br2N2O4S. The number of carbonyl (C=O) groups excluding carboxylic acids is 2. The van der Waals surface area contributed by atoms with Gasteiger partial charge in [-0.2, -0.15) is 0 Å². The third-order valence-electron chi connectivity index (χ3n) is 4.06. The first kappa shape index (κ1) is 23.3. The van der Waals surface area contributed by atoms with E-state index in [4.69, 9.17) is 9.47 Å². The molecular weight excluding hydrogens is 548 g/mol. The second-order valence-corrected chi connectivity index (χ2v) is 9.07. The predicted octanol–water partition coefficient (Wildman–Crippen LogP) is 7.11. The van der Waals surface area contributed by atoms with Crippen LogP contribution in [0, 0.1) is 0 Å². The van der Waals surface area contributed by atoms with Crippen molar-refractivity contribution in [3.63, 3.8) is 0 Å². The molecule has 0 aliphatic carbocycles. The number of hydrogen-bond donors (Lipinski definition) is 2. The lowest BCUT2D eigenvalue weighted by atomic mass is 10.2. The number of anilines is 4. The number of halogens is 2. The topological polar surface area (TPSA) is 76.7 Å². The van der Waals surface area contributed by atoms with Crippen LogP contribution in [0.4, 0.5) is 22.7 Å². The quantitative estimate of drug-likeness (QED) is 0.282. The van der Waals surface area contributed by atoms with Gasteiger partial charge in [0.15, 0.2) is 0 Å². The molecule has 2 aromatic carbocycles. The maximum atomic E-state index is 12.7. The number of ether oxygens (including phenoxy) is 2. The molecule has 0 spiro atoms. The zero-order valence-electron chi connectivity index (χ0n) is 16.8. The van der Waals surface area contributed by atoms with E-state index in [-0.39, 0.29) is 23.0 Å². The molecule has 0 saturated heterocycles. The Morgan fingerprint density at radius 3 is 1.42 bits per heavy atom. The molecule has 162 valence electrons. The molecule has 0 aliphatic heterocycles. The van der Waals surface area contributed by atoms with Gasteiger partial charge in [0.25, 0.3) is 0 Å². The lowest BCUT2D eigenvalue weighted by Gasteiger charge is -2.13. The Morgan fingerprint density at radius 2 is 1.10 bits per heavy atom. The van der Waals surface area contributed by atoms with E-state index < -0.39 is 11.9 Å². The number of nitrogens with one attached hydrogen (secondary N) is 2. The van der Waals surface area contributed by atoms with E-state index in [1.165, 1.54) is 0 Å². The Kier molecular flexibility index (Phi) is 8.11. The minimum Gasteiger partial charge on any atom is -0.462 e. The van der Waals surface area contributed by atoms with Gasteiger partial charge >= 0.3 is 11.9 Å². The summed E-state index contributed by atoms with van der Waals surface area (Å²) in [5.74, 6) is -1.02. The lowest BCUT2D eigenvalue weighted by molar-refractivity contribution is 0.0526. The molecule has 6 nitrogen and oxygen atoms in total. The standard InChI is InChI=1S/C22H20Br2N2O4S/c1-3-29-21(27)19-17(25-15-9-5-13(23)6-10-15)18(20(31-19)22(28)30-4-2)26-16-11-7-14(24)8-12-16/h5-12,25-26H,3-4H2,1-2H3. The van der Waals surface area contributed by atoms with Crippen molar-refractivity contribution in [1.82, 2.24) is 0 Å². The summed E-state index contributed by atoms with van der Waals surface area (Å²) in [7, 11) is 0. The Bertz CT molecular complexity index is 982. The Balaban J connectivity index is 2.13. The fourth-order valence-electron chi connectivity index (χ4n) is 2.71. The summed E-state index contributed by atoms with van der Waals surface area (Å²) < 4.78 is 12.3. The molecule has 2 N–H and O–H groups in total. The maximum Gasteiger partial charge on any atom is 0.350 e. The number of hydrogen-bond acceptors (Lipinski definition) is 7. The molecule has 0 unspecified atom stereocenters. The number of rotatable bonds is 8. The molecule has 0 amide bonds. The van der Waals surface area contributed by atoms with Crippen LogP contribution in [0.1, 0.15) is 33.2 Å². The molecule has 0 radical (unpaired) electrons. The molecule has 0 atom stereocenters. The number of benzene rings is 2. The highest BCUT2D eigenvalue weighted by atomic mass is 79.9. The van der Waals surface area contributed by atoms with Crippen LogP contribution in [0.15, 0.2) is 57.5 Å². The zero-order chi connectivity index (χ0) is 22.4. The third-order valence-corrected chi connectivity index (χ3v) is 6.26. The fraction of sp³-hybridized carbons (Fsp3) is 0.182. The minimum absolute atomic E-state index is 0.221. The van der Waals surface area contributed by atoms with Crippen molar-refractivity contribution in [2.24, 2.45) is 0 Å². The second kappa shape index (κ2) is 10.8. The Labute approximate surface area is 201 Å². The maximum absolute atomic E-state index is 12.7. The fourth-order valence-corrected chi connectivity index (χ4v) is 4.23. The molecule has 1 aromatic heterocycles. The largest absolute Gasteiger partial charge is 0.462 e. The highest BCUT2D eigenvalue weighted by Gasteiger charge is 2.28. The van der Waals surface area contributed by atoms with Crippen LogP contribution >= 0.6 is 43.2 Å². The zero-order valence-corrected chi connectivity index (χ0v) is 20.8. The van der Waals surface area contributed by atoms with Crippen LogP contribution in [0.3, 0.4) is 0 Å². The molecule has 0 aliphatic rings. The summed E-state index contributed by atoms with van der Waals surface area (Å²) in [6.07, 6.45) is 0. The van der Waals surface area contributed by atoms with Gasteiger partial charge in [-0.15, -0.1) is 11.3 Å². The molecule has 0 fully saturated rings. The van der Waals surface area contributed by atoms with E-state index in [0.717, 1.165) is 31.7 Å². The average Bonchev–Trinajstić information content (AvgIpc) is 3.10. The second-order valence-electron chi connectivity index (χ2n) is 6.22. The van der Waals surface area contributed by atoms with Crippen molar-refractivity contribution >= 4 is 77.9 Å². The van der Waals surface area contributed by atoms with Crippen molar-refractivity contribution in [1.29, 1.82) is 0 Å². The van der Waals surface area contributed by atoms with Gasteiger partial charge in [0.1, 0.15) is 9.75 Å². The van der Waals surface area contributed by atoms with E-state index in [2.05, 4.69) is 42.5 Å². The van der Waals surface area contributed by atoms with E-state index in [1.54, 1.807) is 13.8 Å². The Hall–Kier alpha value is -2.36. The van der Waals surface area contributed by atoms with Gasteiger partial charge in [0, 0.05) is 20.3 Å². The van der Waals surface area contributed by atoms with Crippen molar-refractivity contribution in [3.05, 3.63) is 67.2 Å². The highest BCUT2D eigenvalue weighted by molar-refractivity contribution is 9.10. The van der Waals surface area contributed by atoms with E-state index in [0.29, 0.717) is 11.4 Å². The molecule has 9 heteroatoms. The predicted molar refractivity (Wildman–Crippen MR) is 131 cm³/mol. The monoisotopic (exact) mass is 566 g/mol. The van der Waals surface area contributed by atoms with Gasteiger partial charge < -0.3 is 20.1 Å². The first-order chi connectivity index (χ1) is 14.9. The van der Waals surface area contributed by atoms with Crippen LogP contribution in [0.2, 0.25) is 0 Å². The number of carbonyl (C=O) groups is 2. The summed E-state index contributed by atoms with van der Waals surface area (Å²) in [4.78, 5) is 26.0.